The summed E-state index contributed by atoms with van der Waals surface area (Å²) in [7, 11) is 0. The van der Waals surface area contributed by atoms with Crippen LogP contribution in [0.4, 0.5) is 0 Å². The average Bonchev–Trinajstić information content (AvgIpc) is 2.03. The Morgan fingerprint density at radius 2 is 2.38 bits per heavy atom. The zero-order valence-electron chi connectivity index (χ0n) is 6.80. The minimum atomic E-state index is -1.01. The summed E-state index contributed by atoms with van der Waals surface area (Å²) < 4.78 is 3.57. The Morgan fingerprint density at radius 3 is 2.92 bits per heavy atom. The first kappa shape index (κ1) is 10.4. The van der Waals surface area contributed by atoms with E-state index in [-0.39, 0.29) is 6.42 Å². The van der Waals surface area contributed by atoms with E-state index in [1.54, 1.807) is 18.2 Å². The van der Waals surface area contributed by atoms with E-state index in [9.17, 15) is 4.79 Å². The highest BCUT2D eigenvalue weighted by molar-refractivity contribution is 6.50. The molecule has 4 heteroatoms. The standard InChI is InChI=1S/C9H8Cl2O2/c1-2-13-8(12)7-4-3-5-9(10,11)6-7/h2-5H,1,6H2. The van der Waals surface area contributed by atoms with E-state index in [1.165, 1.54) is 0 Å². The summed E-state index contributed by atoms with van der Waals surface area (Å²) in [5.74, 6) is -0.468. The Kier molecular flexibility index (Phi) is 3.17. The third kappa shape index (κ3) is 2.90. The number of carbonyl (C=O) groups excluding carboxylic acids is 1. The highest BCUT2D eigenvalue weighted by Crippen LogP contribution is 2.33. The van der Waals surface area contributed by atoms with Gasteiger partial charge >= 0.3 is 5.97 Å². The first-order chi connectivity index (χ1) is 6.05. The number of alkyl halides is 2. The number of carbonyl (C=O) groups is 1. The van der Waals surface area contributed by atoms with Crippen LogP contribution in [0.5, 0.6) is 0 Å². The van der Waals surface area contributed by atoms with Gasteiger partial charge < -0.3 is 4.74 Å². The lowest BCUT2D eigenvalue weighted by Gasteiger charge is -2.18. The van der Waals surface area contributed by atoms with Gasteiger partial charge in [0.25, 0.3) is 0 Å². The molecule has 1 aliphatic rings. The monoisotopic (exact) mass is 218 g/mol. The summed E-state index contributed by atoms with van der Waals surface area (Å²) in [5.41, 5.74) is 0.437. The van der Waals surface area contributed by atoms with Crippen molar-refractivity contribution in [3.8, 4) is 0 Å². The second-order valence-corrected chi connectivity index (χ2v) is 4.10. The van der Waals surface area contributed by atoms with E-state index in [1.807, 2.05) is 0 Å². The summed E-state index contributed by atoms with van der Waals surface area (Å²) in [4.78, 5) is 11.2. The molecule has 0 atom stereocenters. The molecule has 0 radical (unpaired) electrons. The van der Waals surface area contributed by atoms with Gasteiger partial charge in [0.1, 0.15) is 4.33 Å². The van der Waals surface area contributed by atoms with Crippen LogP contribution in [0, 0.1) is 0 Å². The number of rotatable bonds is 2. The molecule has 0 heterocycles. The van der Waals surface area contributed by atoms with Gasteiger partial charge in [0.2, 0.25) is 0 Å². The van der Waals surface area contributed by atoms with Crippen molar-refractivity contribution in [2.24, 2.45) is 0 Å². The molecule has 0 aromatic rings. The zero-order valence-corrected chi connectivity index (χ0v) is 8.31. The maximum absolute atomic E-state index is 11.2. The minimum Gasteiger partial charge on any atom is -0.432 e. The Balaban J connectivity index is 2.73. The number of hydrogen-bond donors (Lipinski definition) is 0. The van der Waals surface area contributed by atoms with Crippen LogP contribution < -0.4 is 0 Å². The predicted molar refractivity (Wildman–Crippen MR) is 52.6 cm³/mol. The van der Waals surface area contributed by atoms with Crippen LogP contribution in [0.1, 0.15) is 6.42 Å². The molecule has 70 valence electrons. The second-order valence-electron chi connectivity index (χ2n) is 2.56. The molecule has 0 aromatic carbocycles. The van der Waals surface area contributed by atoms with E-state index in [4.69, 9.17) is 23.2 Å². The highest BCUT2D eigenvalue weighted by atomic mass is 35.5. The summed E-state index contributed by atoms with van der Waals surface area (Å²) in [6.07, 6.45) is 6.18. The Morgan fingerprint density at radius 1 is 1.69 bits per heavy atom. The zero-order chi connectivity index (χ0) is 9.90. The molecular formula is C9H8Cl2O2. The number of esters is 1. The number of halogens is 2. The minimum absolute atomic E-state index is 0.249. The van der Waals surface area contributed by atoms with Gasteiger partial charge in [-0.3, -0.25) is 0 Å². The first-order valence-electron chi connectivity index (χ1n) is 3.63. The van der Waals surface area contributed by atoms with Gasteiger partial charge in [0.15, 0.2) is 0 Å². The van der Waals surface area contributed by atoms with Gasteiger partial charge in [-0.1, -0.05) is 41.9 Å². The molecule has 1 aliphatic carbocycles. The maximum Gasteiger partial charge on any atom is 0.338 e. The van der Waals surface area contributed by atoms with Crippen molar-refractivity contribution in [2.45, 2.75) is 10.8 Å². The van der Waals surface area contributed by atoms with Crippen molar-refractivity contribution in [1.82, 2.24) is 0 Å². The van der Waals surface area contributed by atoms with Crippen molar-refractivity contribution in [3.05, 3.63) is 36.6 Å². The lowest BCUT2D eigenvalue weighted by Crippen LogP contribution is -2.17. The summed E-state index contributed by atoms with van der Waals surface area (Å²) in [6.45, 7) is 3.28. The van der Waals surface area contributed by atoms with Gasteiger partial charge in [-0.05, 0) is 6.08 Å². The molecule has 0 saturated carbocycles. The van der Waals surface area contributed by atoms with Gasteiger partial charge in [0, 0.05) is 12.0 Å². The Labute approximate surface area is 86.5 Å². The lowest BCUT2D eigenvalue weighted by atomic mass is 10.0. The summed E-state index contributed by atoms with van der Waals surface area (Å²) >= 11 is 11.6. The van der Waals surface area contributed by atoms with E-state index in [2.05, 4.69) is 11.3 Å². The topological polar surface area (TPSA) is 26.3 Å². The van der Waals surface area contributed by atoms with Crippen LogP contribution in [0.25, 0.3) is 0 Å². The Bertz CT molecular complexity index is 290. The first-order valence-corrected chi connectivity index (χ1v) is 4.39. The molecule has 0 spiro atoms. The van der Waals surface area contributed by atoms with Crippen LogP contribution in [-0.4, -0.2) is 10.3 Å². The molecular weight excluding hydrogens is 211 g/mol. The van der Waals surface area contributed by atoms with Gasteiger partial charge in [0.05, 0.1) is 6.26 Å². The summed E-state index contributed by atoms with van der Waals surface area (Å²) in [5, 5.41) is 0. The van der Waals surface area contributed by atoms with E-state index < -0.39 is 10.3 Å². The van der Waals surface area contributed by atoms with Crippen molar-refractivity contribution in [1.29, 1.82) is 0 Å². The number of allylic oxidation sites excluding steroid dienone is 3. The van der Waals surface area contributed by atoms with Crippen molar-refractivity contribution >= 4 is 29.2 Å². The third-order valence-corrected chi connectivity index (χ3v) is 2.04. The van der Waals surface area contributed by atoms with E-state index >= 15 is 0 Å². The molecule has 0 saturated heterocycles. The highest BCUT2D eigenvalue weighted by Gasteiger charge is 2.27. The van der Waals surface area contributed by atoms with Crippen LogP contribution in [-0.2, 0) is 9.53 Å². The van der Waals surface area contributed by atoms with Crippen molar-refractivity contribution in [3.63, 3.8) is 0 Å². The smallest absolute Gasteiger partial charge is 0.338 e. The molecule has 1 rings (SSSR count). The molecule has 0 aliphatic heterocycles. The average molecular weight is 219 g/mol. The fourth-order valence-corrected chi connectivity index (χ4v) is 1.40. The molecule has 0 fully saturated rings. The molecule has 0 bridgehead atoms. The largest absolute Gasteiger partial charge is 0.432 e. The predicted octanol–water partition coefficient (Wildman–Crippen LogP) is 2.73. The fraction of sp³-hybridized carbons (Fsp3) is 0.222. The van der Waals surface area contributed by atoms with Crippen LogP contribution in [0.3, 0.4) is 0 Å². The molecule has 0 N–H and O–H groups in total. The normalized spacial score (nSPS) is 19.1. The van der Waals surface area contributed by atoms with Crippen molar-refractivity contribution in [2.75, 3.05) is 0 Å². The molecule has 2 nitrogen and oxygen atoms in total. The summed E-state index contributed by atoms with van der Waals surface area (Å²) in [6, 6.07) is 0. The molecule has 0 amide bonds. The SMILES string of the molecule is C=COC(=O)C1=CC=CC(Cl)(Cl)C1. The maximum atomic E-state index is 11.2. The van der Waals surface area contributed by atoms with Crippen LogP contribution in [0.15, 0.2) is 36.6 Å². The van der Waals surface area contributed by atoms with Gasteiger partial charge in [-0.15, -0.1) is 0 Å². The van der Waals surface area contributed by atoms with Crippen molar-refractivity contribution < 1.29 is 9.53 Å². The molecule has 0 aromatic heterocycles. The quantitative estimate of drug-likeness (QED) is 0.405. The lowest BCUT2D eigenvalue weighted by molar-refractivity contribution is -0.133. The van der Waals surface area contributed by atoms with E-state index in [0.29, 0.717) is 5.57 Å². The van der Waals surface area contributed by atoms with Crippen LogP contribution in [0.2, 0.25) is 0 Å². The van der Waals surface area contributed by atoms with Gasteiger partial charge in [-0.25, -0.2) is 4.79 Å². The molecule has 13 heavy (non-hydrogen) atoms. The molecule has 0 unspecified atom stereocenters. The third-order valence-electron chi connectivity index (χ3n) is 1.52. The second kappa shape index (κ2) is 3.99. The van der Waals surface area contributed by atoms with Gasteiger partial charge in [-0.2, -0.15) is 0 Å². The Hall–Kier alpha value is -0.730. The van der Waals surface area contributed by atoms with E-state index in [0.717, 1.165) is 6.26 Å². The fourth-order valence-electron chi connectivity index (χ4n) is 0.968. The number of hydrogen-bond acceptors (Lipinski definition) is 2. The number of ether oxygens (including phenoxy) is 1. The van der Waals surface area contributed by atoms with Crippen LogP contribution >= 0.6 is 23.2 Å².